The van der Waals surface area contributed by atoms with Gasteiger partial charge < -0.3 is 4.90 Å². The molecule has 22 heavy (non-hydrogen) atoms. The normalized spacial score (nSPS) is 21.9. The fraction of sp³-hybridized carbons (Fsp3) is 0.375. The molecule has 6 heteroatoms. The molecule has 1 aromatic carbocycles. The summed E-state index contributed by atoms with van der Waals surface area (Å²) in [5.41, 5.74) is 2.12. The summed E-state index contributed by atoms with van der Waals surface area (Å²) in [4.78, 5) is 18.2. The van der Waals surface area contributed by atoms with Gasteiger partial charge in [0.25, 0.3) is 5.91 Å². The van der Waals surface area contributed by atoms with Crippen LogP contribution < -0.4 is 0 Å². The van der Waals surface area contributed by atoms with Crippen molar-refractivity contribution >= 4 is 46.8 Å². The number of thiocarbonyl (C=S) groups is 1. The van der Waals surface area contributed by atoms with E-state index < -0.39 is 0 Å². The van der Waals surface area contributed by atoms with Crippen LogP contribution in [0.5, 0.6) is 0 Å². The van der Waals surface area contributed by atoms with Gasteiger partial charge >= 0.3 is 0 Å². The van der Waals surface area contributed by atoms with E-state index in [9.17, 15) is 4.79 Å². The highest BCUT2D eigenvalue weighted by atomic mass is 32.2. The molecule has 3 rings (SSSR count). The SMILES string of the molecule is CN1C(=O)/C(=C2/Sc3ccc(C(C)(C)C)cc3S2)N(C)C1=S. The number of amides is 1. The van der Waals surface area contributed by atoms with Crippen LogP contribution in [0.25, 0.3) is 0 Å². The Kier molecular flexibility index (Phi) is 3.82. The van der Waals surface area contributed by atoms with Gasteiger partial charge in [-0.1, -0.05) is 50.4 Å². The maximum Gasteiger partial charge on any atom is 0.278 e. The summed E-state index contributed by atoms with van der Waals surface area (Å²) in [5.74, 6) is -0.0219. The first-order chi connectivity index (χ1) is 10.2. The lowest BCUT2D eigenvalue weighted by Gasteiger charge is -2.19. The lowest BCUT2D eigenvalue weighted by Crippen LogP contribution is -2.26. The van der Waals surface area contributed by atoms with Gasteiger partial charge in [0.2, 0.25) is 0 Å². The molecule has 0 spiro atoms. The van der Waals surface area contributed by atoms with Crippen LogP contribution in [0.1, 0.15) is 26.3 Å². The number of nitrogens with zero attached hydrogens (tertiary/aromatic N) is 2. The molecule has 2 heterocycles. The summed E-state index contributed by atoms with van der Waals surface area (Å²) in [6, 6.07) is 6.57. The number of hydrogen-bond acceptors (Lipinski definition) is 4. The smallest absolute Gasteiger partial charge is 0.278 e. The third kappa shape index (κ3) is 2.47. The Hall–Kier alpha value is -0.980. The Labute approximate surface area is 145 Å². The molecule has 1 fully saturated rings. The topological polar surface area (TPSA) is 23.6 Å². The van der Waals surface area contributed by atoms with Crippen LogP contribution in [0.15, 0.2) is 37.9 Å². The van der Waals surface area contributed by atoms with Gasteiger partial charge in [-0.3, -0.25) is 9.69 Å². The monoisotopic (exact) mass is 350 g/mol. The second-order valence-electron chi connectivity index (χ2n) is 6.46. The van der Waals surface area contributed by atoms with E-state index >= 15 is 0 Å². The summed E-state index contributed by atoms with van der Waals surface area (Å²) < 4.78 is 1.01. The summed E-state index contributed by atoms with van der Waals surface area (Å²) in [5, 5.41) is 0.556. The zero-order valence-corrected chi connectivity index (χ0v) is 15.7. The number of rotatable bonds is 0. The number of carbonyl (C=O) groups is 1. The van der Waals surface area contributed by atoms with Gasteiger partial charge in [-0.15, -0.1) is 0 Å². The van der Waals surface area contributed by atoms with Crippen LogP contribution in [0.3, 0.4) is 0 Å². The molecule has 0 saturated carbocycles. The van der Waals surface area contributed by atoms with Crippen molar-refractivity contribution < 1.29 is 4.79 Å². The molecule has 0 N–H and O–H groups in total. The highest BCUT2D eigenvalue weighted by Crippen LogP contribution is 2.54. The average Bonchev–Trinajstić information content (AvgIpc) is 2.93. The summed E-state index contributed by atoms with van der Waals surface area (Å²) in [7, 11) is 3.58. The fourth-order valence-corrected chi connectivity index (χ4v) is 5.21. The Balaban J connectivity index is 2.00. The molecule has 0 aliphatic carbocycles. The van der Waals surface area contributed by atoms with Gasteiger partial charge in [0, 0.05) is 23.9 Å². The lowest BCUT2D eigenvalue weighted by atomic mass is 9.87. The van der Waals surface area contributed by atoms with Crippen LogP contribution in [0.4, 0.5) is 0 Å². The average molecular weight is 351 g/mol. The molecule has 0 unspecified atom stereocenters. The molecule has 0 atom stereocenters. The van der Waals surface area contributed by atoms with Crippen molar-refractivity contribution in [3.63, 3.8) is 0 Å². The summed E-state index contributed by atoms with van der Waals surface area (Å²) in [6.45, 7) is 6.63. The molecular formula is C16H18N2OS3. The first-order valence-electron chi connectivity index (χ1n) is 7.00. The molecule has 0 aromatic heterocycles. The van der Waals surface area contributed by atoms with Crippen LogP contribution in [-0.2, 0) is 10.2 Å². The van der Waals surface area contributed by atoms with E-state index in [1.54, 1.807) is 30.6 Å². The molecule has 0 radical (unpaired) electrons. The molecule has 1 aromatic rings. The molecule has 2 aliphatic heterocycles. The van der Waals surface area contributed by atoms with E-state index in [1.807, 2.05) is 11.9 Å². The minimum absolute atomic E-state index is 0.0219. The molecular weight excluding hydrogens is 332 g/mol. The van der Waals surface area contributed by atoms with Crippen molar-refractivity contribution in [1.82, 2.24) is 9.80 Å². The van der Waals surface area contributed by atoms with E-state index in [0.29, 0.717) is 10.8 Å². The van der Waals surface area contributed by atoms with Crippen molar-refractivity contribution in [3.8, 4) is 0 Å². The third-order valence-electron chi connectivity index (χ3n) is 3.82. The highest BCUT2D eigenvalue weighted by Gasteiger charge is 2.37. The minimum atomic E-state index is -0.0219. The third-order valence-corrected chi connectivity index (χ3v) is 6.89. The zero-order chi connectivity index (χ0) is 16.2. The molecule has 1 amide bonds. The second-order valence-corrected chi connectivity index (χ2v) is 9.19. The van der Waals surface area contributed by atoms with Gasteiger partial charge in [0.1, 0.15) is 5.70 Å². The van der Waals surface area contributed by atoms with Gasteiger partial charge in [-0.2, -0.15) is 0 Å². The molecule has 1 saturated heterocycles. The van der Waals surface area contributed by atoms with Crippen LogP contribution in [0, 0.1) is 0 Å². The number of thioether (sulfide) groups is 2. The summed E-state index contributed by atoms with van der Waals surface area (Å²) >= 11 is 8.62. The Morgan fingerprint density at radius 1 is 1.05 bits per heavy atom. The number of fused-ring (bicyclic) bond motifs is 1. The van der Waals surface area contributed by atoms with Crippen molar-refractivity contribution in [2.75, 3.05) is 14.1 Å². The van der Waals surface area contributed by atoms with Crippen molar-refractivity contribution in [2.45, 2.75) is 36.0 Å². The van der Waals surface area contributed by atoms with E-state index in [4.69, 9.17) is 12.2 Å². The van der Waals surface area contributed by atoms with E-state index in [-0.39, 0.29) is 11.3 Å². The number of benzene rings is 1. The predicted octanol–water partition coefficient (Wildman–Crippen LogP) is 4.04. The highest BCUT2D eigenvalue weighted by molar-refractivity contribution is 8.24. The largest absolute Gasteiger partial charge is 0.316 e. The van der Waals surface area contributed by atoms with Crippen LogP contribution in [0.2, 0.25) is 0 Å². The summed E-state index contributed by atoms with van der Waals surface area (Å²) in [6.07, 6.45) is 0. The van der Waals surface area contributed by atoms with Crippen molar-refractivity contribution in [2.24, 2.45) is 0 Å². The molecule has 2 aliphatic rings. The maximum atomic E-state index is 12.4. The fourth-order valence-electron chi connectivity index (χ4n) is 2.39. The Morgan fingerprint density at radius 3 is 2.23 bits per heavy atom. The van der Waals surface area contributed by atoms with E-state index in [0.717, 1.165) is 4.24 Å². The lowest BCUT2D eigenvalue weighted by molar-refractivity contribution is -0.121. The standard InChI is InChI=1S/C16H18N2OS3/c1-16(2,3)9-6-7-10-11(8-9)22-14(21-10)12-13(19)18(5)15(20)17(12)4/h6-8H,1-5H3/b14-12+. The van der Waals surface area contributed by atoms with Gasteiger partial charge in [0.15, 0.2) is 5.11 Å². The molecule has 116 valence electrons. The predicted molar refractivity (Wildman–Crippen MR) is 97.0 cm³/mol. The number of likely N-dealkylation sites (N-methyl/N-ethyl adjacent to an activating group) is 2. The van der Waals surface area contributed by atoms with Crippen molar-refractivity contribution in [3.05, 3.63) is 33.7 Å². The van der Waals surface area contributed by atoms with Gasteiger partial charge in [-0.25, -0.2) is 0 Å². The van der Waals surface area contributed by atoms with E-state index in [2.05, 4.69) is 39.0 Å². The van der Waals surface area contributed by atoms with E-state index in [1.165, 1.54) is 20.3 Å². The first-order valence-corrected chi connectivity index (χ1v) is 9.04. The van der Waals surface area contributed by atoms with Crippen molar-refractivity contribution in [1.29, 1.82) is 0 Å². The quantitative estimate of drug-likeness (QED) is 0.519. The van der Waals surface area contributed by atoms with Gasteiger partial charge in [-0.05, 0) is 35.3 Å². The molecule has 0 bridgehead atoms. The molecule has 3 nitrogen and oxygen atoms in total. The maximum absolute atomic E-state index is 12.4. The minimum Gasteiger partial charge on any atom is -0.316 e. The number of carbonyl (C=O) groups excluding carboxylic acids is 1. The van der Waals surface area contributed by atoms with Crippen LogP contribution in [-0.4, -0.2) is 34.9 Å². The zero-order valence-electron chi connectivity index (χ0n) is 13.3. The Bertz CT molecular complexity index is 719. The Morgan fingerprint density at radius 2 is 1.68 bits per heavy atom. The number of hydrogen-bond donors (Lipinski definition) is 0. The van der Waals surface area contributed by atoms with Gasteiger partial charge in [0.05, 0.1) is 4.24 Å². The first kappa shape index (κ1) is 15.9. The second kappa shape index (κ2) is 5.28. The van der Waals surface area contributed by atoms with Crippen LogP contribution >= 0.6 is 35.7 Å².